The minimum Gasteiger partial charge on any atom is -0.491 e. The molecule has 1 unspecified atom stereocenters. The van der Waals surface area contributed by atoms with Crippen molar-refractivity contribution in [2.75, 3.05) is 19.8 Å². The molecule has 0 bridgehead atoms. The summed E-state index contributed by atoms with van der Waals surface area (Å²) in [6, 6.07) is 10.6. The van der Waals surface area contributed by atoms with Crippen LogP contribution >= 0.6 is 0 Å². The van der Waals surface area contributed by atoms with Crippen molar-refractivity contribution in [3.05, 3.63) is 30.3 Å². The SMILES string of the molecule is CC(CNC1CCCC1)OCCOc1ccccc1. The third-order valence-electron chi connectivity index (χ3n) is 3.55. The lowest BCUT2D eigenvalue weighted by Crippen LogP contribution is -2.34. The third kappa shape index (κ3) is 5.62. The summed E-state index contributed by atoms with van der Waals surface area (Å²) in [5, 5.41) is 3.57. The van der Waals surface area contributed by atoms with Crippen LogP contribution in [0.4, 0.5) is 0 Å². The lowest BCUT2D eigenvalue weighted by molar-refractivity contribution is 0.0433. The van der Waals surface area contributed by atoms with Gasteiger partial charge in [0, 0.05) is 12.6 Å². The summed E-state index contributed by atoms with van der Waals surface area (Å²) in [7, 11) is 0. The Labute approximate surface area is 116 Å². The lowest BCUT2D eigenvalue weighted by atomic mass is 10.2. The zero-order valence-electron chi connectivity index (χ0n) is 11.8. The van der Waals surface area contributed by atoms with Gasteiger partial charge in [-0.05, 0) is 31.9 Å². The van der Waals surface area contributed by atoms with E-state index in [0.717, 1.165) is 12.3 Å². The van der Waals surface area contributed by atoms with Gasteiger partial charge in [0.05, 0.1) is 12.7 Å². The molecule has 0 saturated heterocycles. The predicted molar refractivity (Wildman–Crippen MR) is 77.6 cm³/mol. The molecule has 1 aromatic carbocycles. The van der Waals surface area contributed by atoms with E-state index in [2.05, 4.69) is 12.2 Å². The van der Waals surface area contributed by atoms with Gasteiger partial charge in [-0.1, -0.05) is 31.0 Å². The molecule has 0 spiro atoms. The summed E-state index contributed by atoms with van der Waals surface area (Å²) < 4.78 is 11.3. The quantitative estimate of drug-likeness (QED) is 0.731. The van der Waals surface area contributed by atoms with Crippen molar-refractivity contribution in [2.45, 2.75) is 44.8 Å². The zero-order valence-corrected chi connectivity index (χ0v) is 11.8. The van der Waals surface area contributed by atoms with E-state index in [4.69, 9.17) is 9.47 Å². The molecule has 3 nitrogen and oxygen atoms in total. The first-order chi connectivity index (χ1) is 9.34. The van der Waals surface area contributed by atoms with Gasteiger partial charge in [-0.3, -0.25) is 0 Å². The Morgan fingerprint density at radius 1 is 1.16 bits per heavy atom. The first kappa shape index (κ1) is 14.4. The van der Waals surface area contributed by atoms with Crippen LogP contribution in [0.15, 0.2) is 30.3 Å². The molecule has 19 heavy (non-hydrogen) atoms. The predicted octanol–water partition coefficient (Wildman–Crippen LogP) is 3.00. The fraction of sp³-hybridized carbons (Fsp3) is 0.625. The molecule has 0 aromatic heterocycles. The first-order valence-corrected chi connectivity index (χ1v) is 7.37. The van der Waals surface area contributed by atoms with Gasteiger partial charge >= 0.3 is 0 Å². The molecule has 0 radical (unpaired) electrons. The molecule has 0 heterocycles. The number of hydrogen-bond acceptors (Lipinski definition) is 3. The largest absolute Gasteiger partial charge is 0.491 e. The summed E-state index contributed by atoms with van der Waals surface area (Å²) in [4.78, 5) is 0. The highest BCUT2D eigenvalue weighted by molar-refractivity contribution is 5.20. The standard InChI is InChI=1S/C16H25NO2/c1-14(13-17-15-7-5-6-8-15)18-11-12-19-16-9-3-2-4-10-16/h2-4,9-10,14-15,17H,5-8,11-13H2,1H3. The minimum atomic E-state index is 0.250. The van der Waals surface area contributed by atoms with Crippen molar-refractivity contribution in [3.63, 3.8) is 0 Å². The summed E-state index contributed by atoms with van der Waals surface area (Å²) >= 11 is 0. The normalized spacial score (nSPS) is 17.5. The Morgan fingerprint density at radius 2 is 1.89 bits per heavy atom. The molecule has 1 saturated carbocycles. The van der Waals surface area contributed by atoms with Gasteiger partial charge in [-0.2, -0.15) is 0 Å². The van der Waals surface area contributed by atoms with Crippen LogP contribution in [0.25, 0.3) is 0 Å². The minimum absolute atomic E-state index is 0.250. The highest BCUT2D eigenvalue weighted by atomic mass is 16.5. The molecule has 0 amide bonds. The van der Waals surface area contributed by atoms with Crippen LogP contribution in [-0.2, 0) is 4.74 Å². The number of hydrogen-bond donors (Lipinski definition) is 1. The maximum Gasteiger partial charge on any atom is 0.119 e. The van der Waals surface area contributed by atoms with Gasteiger partial charge in [0.25, 0.3) is 0 Å². The zero-order chi connectivity index (χ0) is 13.3. The van der Waals surface area contributed by atoms with Gasteiger partial charge in [-0.15, -0.1) is 0 Å². The molecule has 1 aliphatic rings. The van der Waals surface area contributed by atoms with Gasteiger partial charge in [0.1, 0.15) is 12.4 Å². The van der Waals surface area contributed by atoms with E-state index < -0.39 is 0 Å². The van der Waals surface area contributed by atoms with E-state index in [0.29, 0.717) is 19.3 Å². The van der Waals surface area contributed by atoms with Crippen molar-refractivity contribution in [2.24, 2.45) is 0 Å². The molecule has 2 rings (SSSR count). The monoisotopic (exact) mass is 263 g/mol. The number of rotatable bonds is 8. The Hall–Kier alpha value is -1.06. The molecule has 3 heteroatoms. The van der Waals surface area contributed by atoms with Crippen LogP contribution in [-0.4, -0.2) is 31.9 Å². The summed E-state index contributed by atoms with van der Waals surface area (Å²) in [5.41, 5.74) is 0. The van der Waals surface area contributed by atoms with Crippen molar-refractivity contribution in [1.29, 1.82) is 0 Å². The number of ether oxygens (including phenoxy) is 2. The number of benzene rings is 1. The van der Waals surface area contributed by atoms with Crippen LogP contribution < -0.4 is 10.1 Å². The molecular formula is C16H25NO2. The first-order valence-electron chi connectivity index (χ1n) is 7.37. The fourth-order valence-electron chi connectivity index (χ4n) is 2.45. The average molecular weight is 263 g/mol. The van der Waals surface area contributed by atoms with Crippen LogP contribution in [0.3, 0.4) is 0 Å². The Morgan fingerprint density at radius 3 is 2.63 bits per heavy atom. The molecule has 1 N–H and O–H groups in total. The number of para-hydroxylation sites is 1. The summed E-state index contributed by atoms with van der Waals surface area (Å²) in [5.74, 6) is 0.905. The Balaban J connectivity index is 1.50. The van der Waals surface area contributed by atoms with Crippen molar-refractivity contribution < 1.29 is 9.47 Å². The van der Waals surface area contributed by atoms with Gasteiger partial charge in [-0.25, -0.2) is 0 Å². The van der Waals surface area contributed by atoms with Crippen LogP contribution in [0.5, 0.6) is 5.75 Å². The summed E-state index contributed by atoms with van der Waals surface area (Å²) in [6.07, 6.45) is 5.64. The summed E-state index contributed by atoms with van der Waals surface area (Å²) in [6.45, 7) is 4.31. The second-order valence-corrected chi connectivity index (χ2v) is 5.23. The fourth-order valence-corrected chi connectivity index (χ4v) is 2.45. The smallest absolute Gasteiger partial charge is 0.119 e. The Kier molecular flexibility index (Phi) is 6.18. The van der Waals surface area contributed by atoms with E-state index in [1.165, 1.54) is 25.7 Å². The van der Waals surface area contributed by atoms with Gasteiger partial charge in [0.15, 0.2) is 0 Å². The lowest BCUT2D eigenvalue weighted by Gasteiger charge is -2.17. The molecule has 106 valence electrons. The Bertz CT molecular complexity index is 336. The maximum atomic E-state index is 5.74. The van der Waals surface area contributed by atoms with Crippen LogP contribution in [0.2, 0.25) is 0 Å². The van der Waals surface area contributed by atoms with E-state index in [1.54, 1.807) is 0 Å². The maximum absolute atomic E-state index is 5.74. The van der Waals surface area contributed by atoms with Crippen LogP contribution in [0.1, 0.15) is 32.6 Å². The number of nitrogens with one attached hydrogen (secondary N) is 1. The highest BCUT2D eigenvalue weighted by Crippen LogP contribution is 2.17. The van der Waals surface area contributed by atoms with E-state index in [9.17, 15) is 0 Å². The van der Waals surface area contributed by atoms with Crippen LogP contribution in [0, 0.1) is 0 Å². The van der Waals surface area contributed by atoms with E-state index >= 15 is 0 Å². The molecule has 1 fully saturated rings. The van der Waals surface area contributed by atoms with E-state index in [-0.39, 0.29) is 6.10 Å². The third-order valence-corrected chi connectivity index (χ3v) is 3.55. The topological polar surface area (TPSA) is 30.5 Å². The average Bonchev–Trinajstić information content (AvgIpc) is 2.96. The highest BCUT2D eigenvalue weighted by Gasteiger charge is 2.14. The second-order valence-electron chi connectivity index (χ2n) is 5.23. The van der Waals surface area contributed by atoms with Crippen molar-refractivity contribution >= 4 is 0 Å². The van der Waals surface area contributed by atoms with Crippen molar-refractivity contribution in [3.8, 4) is 5.75 Å². The molecular weight excluding hydrogens is 238 g/mol. The van der Waals surface area contributed by atoms with Crippen molar-refractivity contribution in [1.82, 2.24) is 5.32 Å². The molecule has 1 aliphatic carbocycles. The molecule has 1 atom stereocenters. The molecule has 1 aromatic rings. The van der Waals surface area contributed by atoms with Gasteiger partial charge < -0.3 is 14.8 Å². The molecule has 0 aliphatic heterocycles. The van der Waals surface area contributed by atoms with E-state index in [1.807, 2.05) is 30.3 Å². The second kappa shape index (κ2) is 8.18. The van der Waals surface area contributed by atoms with Gasteiger partial charge in [0.2, 0.25) is 0 Å².